The number of pyridine rings is 1. The third-order valence-corrected chi connectivity index (χ3v) is 5.54. The number of aromatic carboxylic acids is 1. The van der Waals surface area contributed by atoms with Gasteiger partial charge in [0.1, 0.15) is 0 Å². The summed E-state index contributed by atoms with van der Waals surface area (Å²) >= 11 is 0. The summed E-state index contributed by atoms with van der Waals surface area (Å²) in [4.78, 5) is 29.0. The predicted octanol–water partition coefficient (Wildman–Crippen LogP) is 4.04. The first-order valence-corrected chi connectivity index (χ1v) is 9.84. The van der Waals surface area contributed by atoms with E-state index in [0.29, 0.717) is 11.5 Å². The van der Waals surface area contributed by atoms with Gasteiger partial charge in [-0.05, 0) is 42.6 Å². The summed E-state index contributed by atoms with van der Waals surface area (Å²) in [6.45, 7) is 4.67. The van der Waals surface area contributed by atoms with E-state index in [1.807, 2.05) is 31.2 Å². The standard InChI is InChI=1S/C24H24N2O3/c1-16-12-20(27)13-23(25-16)19-10-11-26(15-19)14-17-6-8-18(9-7-17)21-4-2-3-5-22(21)24(28)29/h2-9,12-13,19H,10-11,14-15H2,1H3,(H,25,27)(H,28,29). The highest BCUT2D eigenvalue weighted by Gasteiger charge is 2.24. The maximum absolute atomic E-state index is 11.8. The van der Waals surface area contributed by atoms with Gasteiger partial charge in [0.25, 0.3) is 0 Å². The molecule has 1 aliphatic heterocycles. The number of rotatable bonds is 5. The molecule has 1 unspecified atom stereocenters. The highest BCUT2D eigenvalue weighted by Crippen LogP contribution is 2.28. The van der Waals surface area contributed by atoms with Gasteiger partial charge in [0.2, 0.25) is 0 Å². The van der Waals surface area contributed by atoms with Crippen LogP contribution < -0.4 is 5.43 Å². The minimum Gasteiger partial charge on any atom is -0.478 e. The lowest BCUT2D eigenvalue weighted by Gasteiger charge is -2.17. The lowest BCUT2D eigenvalue weighted by Crippen LogP contribution is -2.20. The molecule has 5 heteroatoms. The Morgan fingerprint density at radius 3 is 2.62 bits per heavy atom. The number of benzene rings is 2. The fourth-order valence-electron chi connectivity index (χ4n) is 4.13. The first kappa shape index (κ1) is 19.2. The van der Waals surface area contributed by atoms with Gasteiger partial charge in [-0.15, -0.1) is 0 Å². The SMILES string of the molecule is Cc1cc(=O)cc(C2CCN(Cc3ccc(-c4ccccc4C(=O)O)cc3)C2)[nH]1. The molecule has 1 saturated heterocycles. The molecule has 1 aliphatic rings. The molecule has 1 atom stereocenters. The number of aromatic nitrogens is 1. The molecule has 1 fully saturated rings. The molecule has 29 heavy (non-hydrogen) atoms. The van der Waals surface area contributed by atoms with Gasteiger partial charge < -0.3 is 10.1 Å². The molecule has 2 aromatic carbocycles. The van der Waals surface area contributed by atoms with Crippen LogP contribution in [0.3, 0.4) is 0 Å². The molecule has 4 rings (SSSR count). The Morgan fingerprint density at radius 1 is 1.14 bits per heavy atom. The number of carboxylic acids is 1. The number of carboxylic acid groups (broad SMARTS) is 1. The van der Waals surface area contributed by atoms with Crippen LogP contribution in [0.1, 0.15) is 39.6 Å². The molecule has 0 saturated carbocycles. The Labute approximate surface area is 169 Å². The quantitative estimate of drug-likeness (QED) is 0.692. The number of hydrogen-bond acceptors (Lipinski definition) is 3. The van der Waals surface area contributed by atoms with E-state index >= 15 is 0 Å². The fourth-order valence-corrected chi connectivity index (χ4v) is 4.13. The van der Waals surface area contributed by atoms with E-state index < -0.39 is 5.97 Å². The normalized spacial score (nSPS) is 16.8. The van der Waals surface area contributed by atoms with Crippen LogP contribution in [0.15, 0.2) is 65.5 Å². The lowest BCUT2D eigenvalue weighted by molar-refractivity contribution is 0.0697. The summed E-state index contributed by atoms with van der Waals surface area (Å²) in [7, 11) is 0. The van der Waals surface area contributed by atoms with Crippen LogP contribution >= 0.6 is 0 Å². The molecule has 148 valence electrons. The molecule has 2 N–H and O–H groups in total. The van der Waals surface area contributed by atoms with Crippen molar-refractivity contribution >= 4 is 5.97 Å². The Balaban J connectivity index is 1.45. The number of nitrogens with zero attached hydrogens (tertiary/aromatic N) is 1. The minimum absolute atomic E-state index is 0.0620. The number of aromatic amines is 1. The molecule has 0 spiro atoms. The molecule has 3 aromatic rings. The van der Waals surface area contributed by atoms with Crippen molar-refractivity contribution in [2.24, 2.45) is 0 Å². The van der Waals surface area contributed by atoms with Crippen LogP contribution in [0.4, 0.5) is 0 Å². The average molecular weight is 388 g/mol. The minimum atomic E-state index is -0.915. The summed E-state index contributed by atoms with van der Waals surface area (Å²) in [5.41, 5.74) is 5.14. The molecular weight excluding hydrogens is 364 g/mol. The topological polar surface area (TPSA) is 73.4 Å². The van der Waals surface area contributed by atoms with Gasteiger partial charge in [0, 0.05) is 42.5 Å². The molecule has 0 aliphatic carbocycles. The maximum atomic E-state index is 11.8. The van der Waals surface area contributed by atoms with Crippen LogP contribution in [0, 0.1) is 6.92 Å². The summed E-state index contributed by atoms with van der Waals surface area (Å²) < 4.78 is 0. The third-order valence-electron chi connectivity index (χ3n) is 5.54. The van der Waals surface area contributed by atoms with E-state index in [1.165, 1.54) is 5.56 Å². The smallest absolute Gasteiger partial charge is 0.336 e. The summed E-state index contributed by atoms with van der Waals surface area (Å²) in [5, 5.41) is 9.40. The van der Waals surface area contributed by atoms with Crippen LogP contribution in [0.5, 0.6) is 0 Å². The fraction of sp³-hybridized carbons (Fsp3) is 0.250. The predicted molar refractivity (Wildman–Crippen MR) is 113 cm³/mol. The van der Waals surface area contributed by atoms with E-state index in [4.69, 9.17) is 0 Å². The van der Waals surface area contributed by atoms with Gasteiger partial charge in [-0.3, -0.25) is 9.69 Å². The Morgan fingerprint density at radius 2 is 1.90 bits per heavy atom. The number of likely N-dealkylation sites (tertiary alicyclic amines) is 1. The second kappa shape index (κ2) is 8.05. The summed E-state index contributed by atoms with van der Waals surface area (Å²) in [6, 6.07) is 18.5. The first-order valence-electron chi connectivity index (χ1n) is 9.84. The largest absolute Gasteiger partial charge is 0.478 e. The third kappa shape index (κ3) is 4.30. The van der Waals surface area contributed by atoms with E-state index in [9.17, 15) is 14.7 Å². The van der Waals surface area contributed by atoms with Crippen molar-refractivity contribution in [1.82, 2.24) is 9.88 Å². The summed E-state index contributed by atoms with van der Waals surface area (Å²) in [5.74, 6) is -0.564. The number of carbonyl (C=O) groups is 1. The highest BCUT2D eigenvalue weighted by molar-refractivity contribution is 5.95. The van der Waals surface area contributed by atoms with Crippen molar-refractivity contribution in [3.8, 4) is 11.1 Å². The van der Waals surface area contributed by atoms with E-state index in [-0.39, 0.29) is 5.43 Å². The molecule has 0 bridgehead atoms. The van der Waals surface area contributed by atoms with Crippen molar-refractivity contribution in [3.63, 3.8) is 0 Å². The Hall–Kier alpha value is -3.18. The lowest BCUT2D eigenvalue weighted by atomic mass is 9.98. The van der Waals surface area contributed by atoms with Gasteiger partial charge >= 0.3 is 5.97 Å². The molecule has 0 amide bonds. The van der Waals surface area contributed by atoms with E-state index in [1.54, 1.807) is 24.3 Å². The van der Waals surface area contributed by atoms with Crippen LogP contribution in [-0.2, 0) is 6.54 Å². The molecule has 5 nitrogen and oxygen atoms in total. The Bertz CT molecular complexity index is 1090. The van der Waals surface area contributed by atoms with Crippen LogP contribution in [-0.4, -0.2) is 34.0 Å². The Kier molecular flexibility index (Phi) is 5.32. The highest BCUT2D eigenvalue weighted by atomic mass is 16.4. The van der Waals surface area contributed by atoms with Crippen LogP contribution in [0.2, 0.25) is 0 Å². The van der Waals surface area contributed by atoms with Crippen molar-refractivity contribution in [2.75, 3.05) is 13.1 Å². The van der Waals surface area contributed by atoms with Crippen molar-refractivity contribution in [1.29, 1.82) is 0 Å². The van der Waals surface area contributed by atoms with Crippen molar-refractivity contribution in [2.45, 2.75) is 25.8 Å². The molecular formula is C24H24N2O3. The monoisotopic (exact) mass is 388 g/mol. The number of aryl methyl sites for hydroxylation is 1. The van der Waals surface area contributed by atoms with Gasteiger partial charge in [-0.1, -0.05) is 42.5 Å². The summed E-state index contributed by atoms with van der Waals surface area (Å²) in [6.07, 6.45) is 1.03. The average Bonchev–Trinajstić information content (AvgIpc) is 3.16. The number of nitrogens with one attached hydrogen (secondary N) is 1. The zero-order valence-corrected chi connectivity index (χ0v) is 16.4. The van der Waals surface area contributed by atoms with Crippen molar-refractivity contribution < 1.29 is 9.90 Å². The molecule has 1 aromatic heterocycles. The van der Waals surface area contributed by atoms with Gasteiger partial charge in [0.05, 0.1) is 5.56 Å². The molecule has 2 heterocycles. The zero-order valence-electron chi connectivity index (χ0n) is 16.4. The second-order valence-corrected chi connectivity index (χ2v) is 7.72. The number of hydrogen-bond donors (Lipinski definition) is 2. The van der Waals surface area contributed by atoms with Gasteiger partial charge in [-0.25, -0.2) is 4.79 Å². The van der Waals surface area contributed by atoms with Gasteiger partial charge in [0.15, 0.2) is 5.43 Å². The first-order chi connectivity index (χ1) is 14.0. The van der Waals surface area contributed by atoms with E-state index in [0.717, 1.165) is 48.6 Å². The zero-order chi connectivity index (χ0) is 20.4. The molecule has 0 radical (unpaired) electrons. The van der Waals surface area contributed by atoms with Crippen molar-refractivity contribution in [3.05, 3.63) is 93.4 Å². The van der Waals surface area contributed by atoms with E-state index in [2.05, 4.69) is 22.0 Å². The second-order valence-electron chi connectivity index (χ2n) is 7.72. The number of H-pyrrole nitrogens is 1. The van der Waals surface area contributed by atoms with Gasteiger partial charge in [-0.2, -0.15) is 0 Å². The van der Waals surface area contributed by atoms with Crippen LogP contribution in [0.25, 0.3) is 11.1 Å². The maximum Gasteiger partial charge on any atom is 0.336 e.